The van der Waals surface area contributed by atoms with Crippen molar-refractivity contribution < 1.29 is 27.4 Å². The zero-order valence-corrected chi connectivity index (χ0v) is 20.4. The topological polar surface area (TPSA) is 98.3 Å². The smallest absolute Gasteiger partial charge is 0.451 e. The second kappa shape index (κ2) is 9.41. The van der Waals surface area contributed by atoms with Crippen molar-refractivity contribution in [2.24, 2.45) is 0 Å². The van der Waals surface area contributed by atoms with Gasteiger partial charge in [-0.15, -0.1) is 11.3 Å². The maximum atomic E-state index is 13.1. The lowest BCUT2D eigenvalue weighted by Crippen LogP contribution is -2.43. The molecule has 2 aliphatic heterocycles. The molecule has 1 aromatic carbocycles. The van der Waals surface area contributed by atoms with Crippen LogP contribution in [0.2, 0.25) is 0 Å². The quantitative estimate of drug-likeness (QED) is 0.488. The Morgan fingerprint density at radius 1 is 1.28 bits per heavy atom. The maximum Gasteiger partial charge on any atom is 0.451 e. The zero-order chi connectivity index (χ0) is 25.5. The second-order valence-corrected chi connectivity index (χ2v) is 10.4. The summed E-state index contributed by atoms with van der Waals surface area (Å²) >= 11 is 1.50. The largest absolute Gasteiger partial charge is 0.490 e. The molecule has 5 rings (SSSR count). The number of carbonyl (C=O) groups is 1. The first kappa shape index (κ1) is 24.6. The lowest BCUT2D eigenvalue weighted by atomic mass is 10.0. The van der Waals surface area contributed by atoms with Gasteiger partial charge in [0.2, 0.25) is 5.82 Å². The number of ether oxygens (including phenoxy) is 2. The molecule has 4 heterocycles. The molecule has 1 amide bonds. The molecular formula is C24H24F3N5O3S. The highest BCUT2D eigenvalue weighted by molar-refractivity contribution is 7.14. The molecule has 0 saturated carbocycles. The number of nitrogens with zero attached hydrogens (tertiary/aromatic N) is 3. The number of carbonyl (C=O) groups excluding carboxylic acids is 1. The zero-order valence-electron chi connectivity index (χ0n) is 19.6. The summed E-state index contributed by atoms with van der Waals surface area (Å²) in [5.41, 5.74) is 1.04. The standard InChI is InChI=1S/C24H24F3N5O3S/c1-13-7-28-21(36-13)16-3-15(4-19(5-16)34-12-23-6-18(10-35-23)31-11-23)20(33)32-14(2)17-8-29-22(30-9-17)24(25,26)27/h3-5,7-9,14,18,31H,6,10-12H2,1-2H3,(H,32,33)/t14-,18+,23+/m1/s1. The molecule has 3 aromatic rings. The van der Waals surface area contributed by atoms with E-state index in [0.717, 1.165) is 34.3 Å². The van der Waals surface area contributed by atoms with Crippen LogP contribution in [-0.4, -0.2) is 52.3 Å². The van der Waals surface area contributed by atoms with Crippen molar-refractivity contribution in [3.63, 3.8) is 0 Å². The summed E-state index contributed by atoms with van der Waals surface area (Å²) in [7, 11) is 0. The van der Waals surface area contributed by atoms with E-state index in [0.29, 0.717) is 42.7 Å². The molecule has 2 N–H and O–H groups in total. The van der Waals surface area contributed by atoms with Crippen LogP contribution in [0.3, 0.4) is 0 Å². The van der Waals surface area contributed by atoms with Gasteiger partial charge in [0.25, 0.3) is 5.91 Å². The van der Waals surface area contributed by atoms with Crippen LogP contribution in [0, 0.1) is 6.92 Å². The predicted molar refractivity (Wildman–Crippen MR) is 126 cm³/mol. The first-order valence-corrected chi connectivity index (χ1v) is 12.2. The number of morpholine rings is 1. The minimum Gasteiger partial charge on any atom is -0.490 e. The van der Waals surface area contributed by atoms with Crippen molar-refractivity contribution in [1.82, 2.24) is 25.6 Å². The molecule has 2 aliphatic rings. The Balaban J connectivity index is 1.35. The van der Waals surface area contributed by atoms with Crippen LogP contribution in [0.4, 0.5) is 13.2 Å². The van der Waals surface area contributed by atoms with E-state index in [1.54, 1.807) is 25.3 Å². The van der Waals surface area contributed by atoms with E-state index in [1.165, 1.54) is 11.3 Å². The SMILES string of the molecule is Cc1cnc(-c2cc(OC[C@]34CN[C@H](CO3)C4)cc(C(=O)N[C@H](C)c3cnc(C(F)(F)F)nc3)c2)s1. The molecule has 2 aromatic heterocycles. The lowest BCUT2D eigenvalue weighted by molar-refractivity contribution is -0.145. The monoisotopic (exact) mass is 519 g/mol. The van der Waals surface area contributed by atoms with Gasteiger partial charge < -0.3 is 20.1 Å². The summed E-state index contributed by atoms with van der Waals surface area (Å²) in [6.07, 6.45) is 0.129. The molecule has 190 valence electrons. The fourth-order valence-electron chi connectivity index (χ4n) is 4.29. The highest BCUT2D eigenvalue weighted by atomic mass is 32.1. The van der Waals surface area contributed by atoms with Crippen molar-refractivity contribution in [3.8, 4) is 16.3 Å². The Bertz CT molecular complexity index is 1260. The van der Waals surface area contributed by atoms with Crippen molar-refractivity contribution in [1.29, 1.82) is 0 Å². The number of thiazole rings is 1. The fraction of sp³-hybridized carbons (Fsp3) is 0.417. The van der Waals surface area contributed by atoms with E-state index in [-0.39, 0.29) is 5.60 Å². The van der Waals surface area contributed by atoms with E-state index in [1.807, 2.05) is 13.0 Å². The summed E-state index contributed by atoms with van der Waals surface area (Å²) in [6, 6.07) is 4.92. The van der Waals surface area contributed by atoms with Gasteiger partial charge in [-0.1, -0.05) is 0 Å². The fourth-order valence-corrected chi connectivity index (χ4v) is 5.04. The molecule has 2 bridgehead atoms. The van der Waals surface area contributed by atoms with Gasteiger partial charge in [0.05, 0.1) is 12.6 Å². The number of aryl methyl sites for hydroxylation is 1. The van der Waals surface area contributed by atoms with Crippen LogP contribution < -0.4 is 15.4 Å². The highest BCUT2D eigenvalue weighted by Crippen LogP contribution is 2.34. The number of fused-ring (bicyclic) bond motifs is 2. The molecule has 3 atom stereocenters. The van der Waals surface area contributed by atoms with Crippen molar-refractivity contribution in [3.05, 3.63) is 58.6 Å². The number of benzene rings is 1. The number of rotatable bonds is 7. The summed E-state index contributed by atoms with van der Waals surface area (Å²) in [4.78, 5) is 25.3. The van der Waals surface area contributed by atoms with Crippen molar-refractivity contribution >= 4 is 17.2 Å². The third-order valence-corrected chi connectivity index (χ3v) is 7.20. The van der Waals surface area contributed by atoms with Crippen LogP contribution >= 0.6 is 11.3 Å². The molecular weight excluding hydrogens is 495 g/mol. The van der Waals surface area contributed by atoms with Crippen molar-refractivity contribution in [2.75, 3.05) is 19.8 Å². The Labute approximate surface area is 209 Å². The molecule has 8 nitrogen and oxygen atoms in total. The maximum absolute atomic E-state index is 13.1. The summed E-state index contributed by atoms with van der Waals surface area (Å²) in [6.45, 7) is 5.31. The number of hydrogen-bond acceptors (Lipinski definition) is 8. The Morgan fingerprint density at radius 3 is 2.64 bits per heavy atom. The van der Waals surface area contributed by atoms with E-state index in [4.69, 9.17) is 9.47 Å². The normalized spacial score (nSPS) is 22.0. The summed E-state index contributed by atoms with van der Waals surface area (Å²) in [5.74, 6) is -1.14. The lowest BCUT2D eigenvalue weighted by Gasteiger charge is -2.26. The number of halogens is 3. The molecule has 0 spiro atoms. The van der Waals surface area contributed by atoms with Crippen LogP contribution in [0.25, 0.3) is 10.6 Å². The first-order valence-electron chi connectivity index (χ1n) is 11.4. The minimum atomic E-state index is -4.63. The van der Waals surface area contributed by atoms with E-state index < -0.39 is 23.9 Å². The van der Waals surface area contributed by atoms with Gasteiger partial charge >= 0.3 is 6.18 Å². The Kier molecular flexibility index (Phi) is 6.43. The Hall–Kier alpha value is -3.09. The van der Waals surface area contributed by atoms with Crippen LogP contribution in [0.1, 0.15) is 46.0 Å². The number of amides is 1. The van der Waals surface area contributed by atoms with Gasteiger partial charge in [-0.25, -0.2) is 15.0 Å². The predicted octanol–water partition coefficient (Wildman–Crippen LogP) is 3.93. The number of hydrogen-bond donors (Lipinski definition) is 2. The third-order valence-electron chi connectivity index (χ3n) is 6.23. The summed E-state index contributed by atoms with van der Waals surface area (Å²) < 4.78 is 50.3. The molecule has 12 heteroatoms. The van der Waals surface area contributed by atoms with E-state index in [2.05, 4.69) is 25.6 Å². The van der Waals surface area contributed by atoms with Crippen molar-refractivity contribution in [2.45, 2.75) is 44.1 Å². The van der Waals surface area contributed by atoms with Gasteiger partial charge in [-0.05, 0) is 38.5 Å². The molecule has 2 fully saturated rings. The first-order chi connectivity index (χ1) is 17.1. The average molecular weight is 520 g/mol. The van der Waals surface area contributed by atoms with Gasteiger partial charge in [-0.3, -0.25) is 4.79 Å². The second-order valence-electron chi connectivity index (χ2n) is 9.12. The van der Waals surface area contributed by atoms with Crippen LogP contribution in [0.15, 0.2) is 36.8 Å². The van der Waals surface area contributed by atoms with Crippen LogP contribution in [-0.2, 0) is 10.9 Å². The van der Waals surface area contributed by atoms with Gasteiger partial charge in [-0.2, -0.15) is 13.2 Å². The average Bonchev–Trinajstić information content (AvgIpc) is 3.59. The number of aromatic nitrogens is 3. The minimum absolute atomic E-state index is 0.335. The van der Waals surface area contributed by atoms with Gasteiger partial charge in [0.15, 0.2) is 0 Å². The van der Waals surface area contributed by atoms with E-state index >= 15 is 0 Å². The number of alkyl halides is 3. The molecule has 2 saturated heterocycles. The van der Waals surface area contributed by atoms with E-state index in [9.17, 15) is 18.0 Å². The van der Waals surface area contributed by atoms with Gasteiger partial charge in [0, 0.05) is 52.7 Å². The summed E-state index contributed by atoms with van der Waals surface area (Å²) in [5, 5.41) is 6.94. The molecule has 0 unspecified atom stereocenters. The van der Waals surface area contributed by atoms with Crippen LogP contribution in [0.5, 0.6) is 5.75 Å². The number of nitrogens with one attached hydrogen (secondary N) is 2. The molecule has 0 radical (unpaired) electrons. The third kappa shape index (κ3) is 5.20. The highest BCUT2D eigenvalue weighted by Gasteiger charge is 2.47. The molecule has 0 aliphatic carbocycles. The Morgan fingerprint density at radius 2 is 2.06 bits per heavy atom. The molecule has 36 heavy (non-hydrogen) atoms. The van der Waals surface area contributed by atoms with Gasteiger partial charge in [0.1, 0.15) is 23.0 Å².